The van der Waals surface area contributed by atoms with E-state index in [1.807, 2.05) is 30.3 Å². The van der Waals surface area contributed by atoms with E-state index in [0.29, 0.717) is 10.7 Å². The van der Waals surface area contributed by atoms with Crippen LogP contribution in [0.5, 0.6) is 0 Å². The van der Waals surface area contributed by atoms with Gasteiger partial charge in [0, 0.05) is 15.6 Å². The van der Waals surface area contributed by atoms with Gasteiger partial charge in [-0.2, -0.15) is 0 Å². The fraction of sp³-hybridized carbons (Fsp3) is 0.118. The number of para-hydroxylation sites is 1. The minimum atomic E-state index is -0.330. The Kier molecular flexibility index (Phi) is 5.65. The summed E-state index contributed by atoms with van der Waals surface area (Å²) in [6.07, 6.45) is 0. The molecule has 0 saturated heterocycles. The number of azide groups is 1. The molecule has 0 heterocycles. The molecule has 0 aromatic heterocycles. The summed E-state index contributed by atoms with van der Waals surface area (Å²) in [6, 6.07) is 13.7. The zero-order valence-corrected chi connectivity index (χ0v) is 13.2. The molecule has 0 N–H and O–H groups in total. The fourth-order valence-electron chi connectivity index (χ4n) is 2.01. The highest BCUT2D eigenvalue weighted by Gasteiger charge is 2.19. The Bertz CT molecular complexity index is 817. The number of halogens is 1. The third-order valence-electron chi connectivity index (χ3n) is 3.07. The van der Waals surface area contributed by atoms with Gasteiger partial charge in [0.25, 0.3) is 5.91 Å². The zero-order chi connectivity index (χ0) is 16.7. The van der Waals surface area contributed by atoms with Gasteiger partial charge >= 0.3 is 0 Å². The van der Waals surface area contributed by atoms with Crippen LogP contribution in [0.1, 0.15) is 17.3 Å². The summed E-state index contributed by atoms with van der Waals surface area (Å²) in [6.45, 7) is 1.93. The predicted molar refractivity (Wildman–Crippen MR) is 91.8 cm³/mol. The molecule has 23 heavy (non-hydrogen) atoms. The molecule has 2 rings (SSSR count). The summed E-state index contributed by atoms with van der Waals surface area (Å²) in [5, 5.41) is 3.95. The minimum Gasteiger partial charge on any atom is -0.297 e. The molecular weight excluding hydrogens is 312 g/mol. The van der Waals surface area contributed by atoms with Crippen LogP contribution in [0.25, 0.3) is 10.4 Å². The second kappa shape index (κ2) is 7.90. The summed E-state index contributed by atoms with van der Waals surface area (Å²) in [5.41, 5.74) is 9.83. The van der Waals surface area contributed by atoms with Gasteiger partial charge < -0.3 is 0 Å². The lowest BCUT2D eigenvalue weighted by Crippen LogP contribution is -2.31. The highest BCUT2D eigenvalue weighted by Crippen LogP contribution is 2.27. The van der Waals surface area contributed by atoms with Crippen molar-refractivity contribution < 1.29 is 4.79 Å². The van der Waals surface area contributed by atoms with E-state index in [1.165, 1.54) is 17.0 Å². The van der Waals surface area contributed by atoms with E-state index >= 15 is 0 Å². The van der Waals surface area contributed by atoms with E-state index in [9.17, 15) is 4.79 Å². The third kappa shape index (κ3) is 4.04. The first-order chi connectivity index (χ1) is 11.2. The maximum Gasteiger partial charge on any atom is 0.259 e. The van der Waals surface area contributed by atoms with Gasteiger partial charge in [-0.15, -0.1) is 5.92 Å². The van der Waals surface area contributed by atoms with Gasteiger partial charge in [-0.25, -0.2) is 0 Å². The molecule has 0 aliphatic heterocycles. The fourth-order valence-corrected chi connectivity index (χ4v) is 2.18. The Hall–Kier alpha value is -2.93. The summed E-state index contributed by atoms with van der Waals surface area (Å²) >= 11 is 5.98. The molecule has 6 heteroatoms. The second-order valence-corrected chi connectivity index (χ2v) is 4.94. The minimum absolute atomic E-state index is 0.224. The standard InChI is InChI=1S/C17H13ClN4O/c1-2-3-11-22(14-7-5-4-6-8-14)17(23)15-12-13(18)9-10-16(15)20-21-19/h4-10,12H,11H2,1H3. The summed E-state index contributed by atoms with van der Waals surface area (Å²) in [7, 11) is 0. The molecule has 0 fully saturated rings. The Morgan fingerprint density at radius 1 is 1.30 bits per heavy atom. The molecule has 0 aliphatic carbocycles. The number of carbonyl (C=O) groups excluding carboxylic acids is 1. The molecule has 0 saturated carbocycles. The smallest absolute Gasteiger partial charge is 0.259 e. The van der Waals surface area contributed by atoms with Crippen LogP contribution in [0.4, 0.5) is 11.4 Å². The first-order valence-corrected chi connectivity index (χ1v) is 7.16. The average molecular weight is 325 g/mol. The lowest BCUT2D eigenvalue weighted by Gasteiger charge is -2.21. The van der Waals surface area contributed by atoms with Gasteiger partial charge in [-0.1, -0.05) is 46.9 Å². The topological polar surface area (TPSA) is 69.1 Å². The lowest BCUT2D eigenvalue weighted by atomic mass is 10.1. The molecule has 0 unspecified atom stereocenters. The normalized spacial score (nSPS) is 9.30. The Balaban J connectivity index is 2.51. The molecule has 0 atom stereocenters. The second-order valence-electron chi connectivity index (χ2n) is 4.50. The Morgan fingerprint density at radius 3 is 2.70 bits per heavy atom. The van der Waals surface area contributed by atoms with Crippen molar-refractivity contribution in [2.45, 2.75) is 6.92 Å². The first kappa shape index (κ1) is 16.4. The van der Waals surface area contributed by atoms with Crippen LogP contribution in [0.15, 0.2) is 53.6 Å². The SMILES string of the molecule is CC#CCN(C(=O)c1cc(Cl)ccc1N=[N+]=[N-])c1ccccc1. The third-order valence-corrected chi connectivity index (χ3v) is 3.30. The molecule has 2 aromatic rings. The van der Waals surface area contributed by atoms with E-state index < -0.39 is 0 Å². The van der Waals surface area contributed by atoms with Crippen LogP contribution >= 0.6 is 11.6 Å². The molecule has 114 valence electrons. The number of benzene rings is 2. The number of anilines is 1. The van der Waals surface area contributed by atoms with Crippen molar-refractivity contribution in [1.29, 1.82) is 0 Å². The molecule has 0 spiro atoms. The highest BCUT2D eigenvalue weighted by atomic mass is 35.5. The van der Waals surface area contributed by atoms with Crippen molar-refractivity contribution in [2.24, 2.45) is 5.11 Å². The van der Waals surface area contributed by atoms with Gasteiger partial charge in [-0.3, -0.25) is 9.69 Å². The molecular formula is C17H13ClN4O. The first-order valence-electron chi connectivity index (χ1n) is 6.78. The highest BCUT2D eigenvalue weighted by molar-refractivity contribution is 6.31. The zero-order valence-electron chi connectivity index (χ0n) is 12.4. The summed E-state index contributed by atoms with van der Waals surface area (Å²) < 4.78 is 0. The number of nitrogens with zero attached hydrogens (tertiary/aromatic N) is 4. The molecule has 1 amide bonds. The van der Waals surface area contributed by atoms with Gasteiger partial charge in [0.2, 0.25) is 0 Å². The van der Waals surface area contributed by atoms with E-state index in [2.05, 4.69) is 21.9 Å². The maximum atomic E-state index is 12.9. The van der Waals surface area contributed by atoms with Crippen LogP contribution in [0.3, 0.4) is 0 Å². The van der Waals surface area contributed by atoms with Gasteiger partial charge in [0.1, 0.15) is 0 Å². The monoisotopic (exact) mass is 324 g/mol. The quantitative estimate of drug-likeness (QED) is 0.339. The van der Waals surface area contributed by atoms with Crippen molar-refractivity contribution in [2.75, 3.05) is 11.4 Å². The predicted octanol–water partition coefficient (Wildman–Crippen LogP) is 4.95. The van der Waals surface area contributed by atoms with Crippen LogP contribution in [0.2, 0.25) is 5.02 Å². The molecule has 5 nitrogen and oxygen atoms in total. The van der Waals surface area contributed by atoms with Gasteiger partial charge in [-0.05, 0) is 36.7 Å². The van der Waals surface area contributed by atoms with Crippen molar-refractivity contribution >= 4 is 28.9 Å². The Morgan fingerprint density at radius 2 is 2.04 bits per heavy atom. The van der Waals surface area contributed by atoms with E-state index in [4.69, 9.17) is 17.1 Å². The van der Waals surface area contributed by atoms with Gasteiger partial charge in [0.05, 0.1) is 17.8 Å². The average Bonchev–Trinajstić information content (AvgIpc) is 2.58. The van der Waals surface area contributed by atoms with Crippen LogP contribution < -0.4 is 4.90 Å². The lowest BCUT2D eigenvalue weighted by molar-refractivity contribution is 0.0991. The van der Waals surface area contributed by atoms with Crippen molar-refractivity contribution in [3.05, 3.63) is 69.6 Å². The van der Waals surface area contributed by atoms with Crippen LogP contribution in [-0.2, 0) is 0 Å². The van der Waals surface area contributed by atoms with E-state index in [0.717, 1.165) is 0 Å². The van der Waals surface area contributed by atoms with Gasteiger partial charge in [0.15, 0.2) is 0 Å². The number of hydrogen-bond donors (Lipinski definition) is 0. The number of rotatable bonds is 4. The van der Waals surface area contributed by atoms with Crippen molar-refractivity contribution in [1.82, 2.24) is 0 Å². The molecule has 0 bridgehead atoms. The number of hydrogen-bond acceptors (Lipinski definition) is 2. The van der Waals surface area contributed by atoms with Crippen LogP contribution in [0, 0.1) is 11.8 Å². The van der Waals surface area contributed by atoms with Crippen molar-refractivity contribution in [3.63, 3.8) is 0 Å². The molecule has 0 radical (unpaired) electrons. The molecule has 2 aromatic carbocycles. The summed E-state index contributed by atoms with van der Waals surface area (Å²) in [4.78, 5) is 17.2. The summed E-state index contributed by atoms with van der Waals surface area (Å²) in [5.74, 6) is 5.33. The van der Waals surface area contributed by atoms with Crippen molar-refractivity contribution in [3.8, 4) is 11.8 Å². The molecule has 0 aliphatic rings. The Labute approximate surface area is 139 Å². The van der Waals surface area contributed by atoms with E-state index in [1.54, 1.807) is 13.0 Å². The van der Waals surface area contributed by atoms with E-state index in [-0.39, 0.29) is 23.7 Å². The maximum absolute atomic E-state index is 12.9. The largest absolute Gasteiger partial charge is 0.297 e. The number of amides is 1. The van der Waals surface area contributed by atoms with Crippen LogP contribution in [-0.4, -0.2) is 12.5 Å². The number of carbonyl (C=O) groups is 1.